The molecule has 0 bridgehead atoms. The zero-order chi connectivity index (χ0) is 33.2. The topological polar surface area (TPSA) is 109 Å². The van der Waals surface area contributed by atoms with Gasteiger partial charge in [-0.3, -0.25) is 19.4 Å². The highest BCUT2D eigenvalue weighted by molar-refractivity contribution is 5.95. The molecule has 3 amide bonds. The number of carbonyl (C=O) groups is 3. The van der Waals surface area contributed by atoms with E-state index in [1.165, 1.54) is 15.9 Å². The molecule has 1 aliphatic rings. The van der Waals surface area contributed by atoms with Gasteiger partial charge in [-0.15, -0.1) is 0 Å². The molecule has 1 heterocycles. The summed E-state index contributed by atoms with van der Waals surface area (Å²) in [5, 5.41) is 5.20. The Morgan fingerprint density at radius 2 is 1.51 bits per heavy atom. The summed E-state index contributed by atoms with van der Waals surface area (Å²) in [6.07, 6.45) is 11.7. The van der Waals surface area contributed by atoms with Crippen LogP contribution in [0.4, 0.5) is 0 Å². The number of hydrogen-bond donors (Lipinski definition) is 2. The minimum Gasteiger partial charge on any atom is -0.354 e. The van der Waals surface area contributed by atoms with Gasteiger partial charge in [-0.05, 0) is 77.8 Å². The van der Waals surface area contributed by atoms with Crippen LogP contribution in [-0.4, -0.2) is 70.8 Å². The molecule has 1 aliphatic carbocycles. The van der Waals surface area contributed by atoms with Gasteiger partial charge in [-0.2, -0.15) is 0 Å². The zero-order valence-corrected chi connectivity index (χ0v) is 27.3. The first-order chi connectivity index (χ1) is 22.7. The van der Waals surface area contributed by atoms with Gasteiger partial charge in [0.05, 0.1) is 0 Å². The van der Waals surface area contributed by atoms with Gasteiger partial charge >= 0.3 is 0 Å². The number of pyridine rings is 1. The highest BCUT2D eigenvalue weighted by Crippen LogP contribution is 2.32. The van der Waals surface area contributed by atoms with Crippen LogP contribution in [0, 0.1) is 0 Å². The monoisotopic (exact) mass is 631 g/mol. The second kappa shape index (κ2) is 15.6. The average molecular weight is 632 g/mol. The average Bonchev–Trinajstić information content (AvgIpc) is 3.08. The third kappa shape index (κ3) is 8.92. The molecular formula is C39H45N5O3. The van der Waals surface area contributed by atoms with Crippen LogP contribution in [-0.2, 0) is 33.6 Å². The van der Waals surface area contributed by atoms with Crippen molar-refractivity contribution in [2.75, 3.05) is 20.6 Å². The van der Waals surface area contributed by atoms with E-state index in [1.54, 1.807) is 26.5 Å². The quantitative estimate of drug-likeness (QED) is 0.193. The zero-order valence-electron chi connectivity index (χ0n) is 27.3. The summed E-state index contributed by atoms with van der Waals surface area (Å²) in [6, 6.07) is 26.0. The fraction of sp³-hybridized carbons (Fsp3) is 0.333. The number of nitrogens with zero attached hydrogens (tertiary/aromatic N) is 3. The summed E-state index contributed by atoms with van der Waals surface area (Å²) in [5.41, 5.74) is 9.06. The summed E-state index contributed by atoms with van der Waals surface area (Å²) in [6.45, 7) is 0.419. The molecule has 8 heteroatoms. The maximum atomic E-state index is 14.5. The van der Waals surface area contributed by atoms with Gasteiger partial charge in [0.1, 0.15) is 12.1 Å². The molecule has 3 aromatic carbocycles. The fourth-order valence-corrected chi connectivity index (χ4v) is 6.11. The summed E-state index contributed by atoms with van der Waals surface area (Å²) < 4.78 is 0. The Kier molecular flexibility index (Phi) is 11.2. The van der Waals surface area contributed by atoms with Gasteiger partial charge in [0.2, 0.25) is 17.7 Å². The fourth-order valence-electron chi connectivity index (χ4n) is 6.11. The summed E-state index contributed by atoms with van der Waals surface area (Å²) >= 11 is 0. The predicted octanol–water partition coefficient (Wildman–Crippen LogP) is 4.86. The van der Waals surface area contributed by atoms with E-state index in [1.807, 2.05) is 84.9 Å². The van der Waals surface area contributed by atoms with Crippen LogP contribution in [0.25, 0.3) is 10.8 Å². The van der Waals surface area contributed by atoms with E-state index in [0.717, 1.165) is 46.7 Å². The van der Waals surface area contributed by atoms with Gasteiger partial charge in [0.15, 0.2) is 0 Å². The molecule has 1 saturated carbocycles. The molecule has 47 heavy (non-hydrogen) atoms. The largest absolute Gasteiger partial charge is 0.354 e. The van der Waals surface area contributed by atoms with Crippen molar-refractivity contribution < 1.29 is 14.4 Å². The number of carbonyl (C=O) groups excluding carboxylic acids is 3. The third-order valence-electron chi connectivity index (χ3n) is 9.33. The molecule has 0 radical (unpaired) electrons. The lowest BCUT2D eigenvalue weighted by Gasteiger charge is -2.37. The maximum absolute atomic E-state index is 14.5. The molecule has 5 rings (SSSR count). The minimum atomic E-state index is -0.836. The number of amides is 3. The number of rotatable bonds is 14. The van der Waals surface area contributed by atoms with E-state index in [-0.39, 0.29) is 23.3 Å². The number of benzene rings is 3. The van der Waals surface area contributed by atoms with E-state index in [9.17, 15) is 14.4 Å². The Bertz CT molecular complexity index is 1690. The molecule has 2 atom stereocenters. The van der Waals surface area contributed by atoms with E-state index in [4.69, 9.17) is 5.73 Å². The molecule has 0 spiro atoms. The minimum absolute atomic E-state index is 0.245. The second-order valence-electron chi connectivity index (χ2n) is 12.7. The van der Waals surface area contributed by atoms with Crippen molar-refractivity contribution in [3.8, 4) is 0 Å². The van der Waals surface area contributed by atoms with Crippen molar-refractivity contribution in [1.29, 1.82) is 0 Å². The predicted molar refractivity (Wildman–Crippen MR) is 186 cm³/mol. The first-order valence-corrected chi connectivity index (χ1v) is 16.4. The van der Waals surface area contributed by atoms with E-state index in [0.29, 0.717) is 32.2 Å². The Hall–Kier alpha value is -4.82. The van der Waals surface area contributed by atoms with Crippen LogP contribution < -0.4 is 11.1 Å². The lowest BCUT2D eigenvalue weighted by atomic mass is 9.75. The van der Waals surface area contributed by atoms with Crippen LogP contribution in [0.2, 0.25) is 0 Å². The first-order valence-electron chi connectivity index (χ1n) is 16.4. The van der Waals surface area contributed by atoms with Gasteiger partial charge in [0, 0.05) is 51.4 Å². The molecule has 3 N–H and O–H groups in total. The number of aromatic nitrogens is 1. The molecule has 1 aromatic heterocycles. The summed E-state index contributed by atoms with van der Waals surface area (Å²) in [7, 11) is 3.32. The van der Waals surface area contributed by atoms with Crippen LogP contribution >= 0.6 is 0 Å². The Labute approximate surface area is 277 Å². The third-order valence-corrected chi connectivity index (χ3v) is 9.33. The van der Waals surface area contributed by atoms with Crippen molar-refractivity contribution >= 4 is 28.5 Å². The van der Waals surface area contributed by atoms with Gasteiger partial charge < -0.3 is 20.9 Å². The van der Waals surface area contributed by atoms with Crippen molar-refractivity contribution in [2.24, 2.45) is 5.73 Å². The molecule has 8 nitrogen and oxygen atoms in total. The second-order valence-corrected chi connectivity index (χ2v) is 12.7. The number of likely N-dealkylation sites (N-methyl/N-ethyl adjacent to an activating group) is 2. The van der Waals surface area contributed by atoms with Crippen LogP contribution in [0.1, 0.15) is 42.4 Å². The number of hydrogen-bond acceptors (Lipinski definition) is 5. The Morgan fingerprint density at radius 1 is 0.830 bits per heavy atom. The van der Waals surface area contributed by atoms with Crippen molar-refractivity contribution in [1.82, 2.24) is 20.1 Å². The van der Waals surface area contributed by atoms with Crippen LogP contribution in [0.3, 0.4) is 0 Å². The maximum Gasteiger partial charge on any atom is 0.246 e. The molecule has 244 valence electrons. The Morgan fingerprint density at radius 3 is 2.21 bits per heavy atom. The lowest BCUT2D eigenvalue weighted by molar-refractivity contribution is -0.146. The summed E-state index contributed by atoms with van der Waals surface area (Å²) in [5.74, 6) is -0.824. The van der Waals surface area contributed by atoms with Gasteiger partial charge in [-0.1, -0.05) is 78.9 Å². The lowest BCUT2D eigenvalue weighted by Crippen LogP contribution is -2.56. The van der Waals surface area contributed by atoms with E-state index < -0.39 is 12.1 Å². The van der Waals surface area contributed by atoms with E-state index in [2.05, 4.69) is 16.4 Å². The van der Waals surface area contributed by atoms with Crippen molar-refractivity contribution in [2.45, 2.75) is 62.6 Å². The van der Waals surface area contributed by atoms with Crippen molar-refractivity contribution in [3.05, 3.63) is 126 Å². The molecule has 0 aliphatic heterocycles. The van der Waals surface area contributed by atoms with Crippen molar-refractivity contribution in [3.63, 3.8) is 0 Å². The standard InChI is InChI=1S/C39H45N5O3/c1-43(36(45)14-8-20-39(40)21-9-22-39)35(28-31-15-16-32-12-6-7-13-33(32)26-31)38(47)44(2)34(27-30-10-4-3-5-11-30)37(46)42-25-19-29-17-23-41-24-18-29/h3-8,10-18,23-24,26,34-35H,9,19-22,25,27-28,40H2,1-2H3,(H,42,46)/b14-8+. The molecular weight excluding hydrogens is 586 g/mol. The SMILES string of the molecule is CN(C(=O)/C=C/CC1(N)CCC1)C(Cc1ccc2ccccc2c1)C(=O)N(C)C(Cc1ccccc1)C(=O)NCCc1ccncc1. The molecule has 1 fully saturated rings. The normalized spacial score (nSPS) is 15.0. The Balaban J connectivity index is 1.38. The number of fused-ring (bicyclic) bond motifs is 1. The highest BCUT2D eigenvalue weighted by Gasteiger charge is 2.35. The highest BCUT2D eigenvalue weighted by atomic mass is 16.2. The van der Waals surface area contributed by atoms with Crippen LogP contribution in [0.5, 0.6) is 0 Å². The van der Waals surface area contributed by atoms with E-state index >= 15 is 0 Å². The summed E-state index contributed by atoms with van der Waals surface area (Å²) in [4.78, 5) is 48.8. The van der Waals surface area contributed by atoms with Gasteiger partial charge in [-0.25, -0.2) is 0 Å². The molecule has 4 aromatic rings. The number of nitrogens with one attached hydrogen (secondary N) is 1. The van der Waals surface area contributed by atoms with Crippen LogP contribution in [0.15, 0.2) is 109 Å². The smallest absolute Gasteiger partial charge is 0.246 e. The van der Waals surface area contributed by atoms with Gasteiger partial charge in [0.25, 0.3) is 0 Å². The molecule has 0 saturated heterocycles. The number of nitrogens with two attached hydrogens (primary N) is 1. The molecule has 2 unspecified atom stereocenters. The first kappa shape index (κ1) is 33.5.